The number of nitrogens with zero attached hydrogens (tertiary/aromatic N) is 3. The second kappa shape index (κ2) is 9.92. The standard InChI is InChI=1S/C22H34N4O2/c1-18(27)24(2)21-11-16-26(17-12-21)22(28)23-20-9-14-25(15-10-20)13-8-19-6-4-3-5-7-19/h3-7,20-21H,8-17H2,1-2H3,(H,23,28). The first-order chi connectivity index (χ1) is 13.5. The van der Waals surface area contributed by atoms with Crippen LogP contribution in [0.2, 0.25) is 0 Å². The first-order valence-corrected chi connectivity index (χ1v) is 10.6. The van der Waals surface area contributed by atoms with Gasteiger partial charge < -0.3 is 20.0 Å². The summed E-state index contributed by atoms with van der Waals surface area (Å²) in [5.74, 6) is 0.0990. The van der Waals surface area contributed by atoms with Crippen molar-refractivity contribution in [3.05, 3.63) is 35.9 Å². The van der Waals surface area contributed by atoms with Gasteiger partial charge in [0.05, 0.1) is 0 Å². The van der Waals surface area contributed by atoms with Gasteiger partial charge in [-0.25, -0.2) is 4.79 Å². The lowest BCUT2D eigenvalue weighted by Crippen LogP contribution is -2.53. The molecule has 0 atom stereocenters. The SMILES string of the molecule is CC(=O)N(C)C1CCN(C(=O)NC2CCN(CCc3ccccc3)CC2)CC1. The predicted octanol–water partition coefficient (Wildman–Crippen LogP) is 2.35. The second-order valence-electron chi connectivity index (χ2n) is 8.15. The van der Waals surface area contributed by atoms with Crippen molar-refractivity contribution in [2.45, 2.75) is 51.1 Å². The summed E-state index contributed by atoms with van der Waals surface area (Å²) in [6.45, 7) is 6.23. The first kappa shape index (κ1) is 20.6. The molecular weight excluding hydrogens is 352 g/mol. The number of piperidine rings is 2. The number of nitrogens with one attached hydrogen (secondary N) is 1. The Morgan fingerprint density at radius 2 is 1.68 bits per heavy atom. The van der Waals surface area contributed by atoms with Crippen LogP contribution in [0, 0.1) is 0 Å². The molecule has 28 heavy (non-hydrogen) atoms. The van der Waals surface area contributed by atoms with E-state index in [2.05, 4.69) is 40.5 Å². The van der Waals surface area contributed by atoms with Crippen LogP contribution in [-0.2, 0) is 11.2 Å². The average molecular weight is 387 g/mol. The molecule has 3 rings (SSSR count). The second-order valence-corrected chi connectivity index (χ2v) is 8.15. The number of benzene rings is 1. The van der Waals surface area contributed by atoms with Gasteiger partial charge in [0.1, 0.15) is 0 Å². The third-order valence-electron chi connectivity index (χ3n) is 6.27. The average Bonchev–Trinajstić information content (AvgIpc) is 2.73. The Morgan fingerprint density at radius 1 is 1.04 bits per heavy atom. The largest absolute Gasteiger partial charge is 0.343 e. The highest BCUT2D eigenvalue weighted by Gasteiger charge is 2.28. The summed E-state index contributed by atoms with van der Waals surface area (Å²) < 4.78 is 0. The van der Waals surface area contributed by atoms with Gasteiger partial charge in [-0.2, -0.15) is 0 Å². The lowest BCUT2D eigenvalue weighted by atomic mass is 10.0. The fraction of sp³-hybridized carbons (Fsp3) is 0.636. The van der Waals surface area contributed by atoms with E-state index in [4.69, 9.17) is 0 Å². The minimum atomic E-state index is 0.0617. The van der Waals surface area contributed by atoms with Gasteiger partial charge in [0.15, 0.2) is 0 Å². The number of amides is 3. The minimum Gasteiger partial charge on any atom is -0.343 e. The van der Waals surface area contributed by atoms with E-state index in [1.165, 1.54) is 5.56 Å². The molecule has 3 amide bonds. The summed E-state index contributed by atoms with van der Waals surface area (Å²) in [4.78, 5) is 30.3. The van der Waals surface area contributed by atoms with E-state index < -0.39 is 0 Å². The summed E-state index contributed by atoms with van der Waals surface area (Å²) in [7, 11) is 1.86. The van der Waals surface area contributed by atoms with Crippen LogP contribution >= 0.6 is 0 Å². The van der Waals surface area contributed by atoms with Crippen LogP contribution < -0.4 is 5.32 Å². The van der Waals surface area contributed by atoms with E-state index in [1.54, 1.807) is 11.8 Å². The molecule has 2 saturated heterocycles. The van der Waals surface area contributed by atoms with Gasteiger partial charge in [0.2, 0.25) is 5.91 Å². The summed E-state index contributed by atoms with van der Waals surface area (Å²) in [6, 6.07) is 11.2. The Balaban J connectivity index is 1.34. The van der Waals surface area contributed by atoms with Crippen LogP contribution in [-0.4, -0.2) is 78.5 Å². The van der Waals surface area contributed by atoms with Crippen molar-refractivity contribution in [2.24, 2.45) is 0 Å². The smallest absolute Gasteiger partial charge is 0.317 e. The van der Waals surface area contributed by atoms with Gasteiger partial charge in [-0.05, 0) is 37.7 Å². The van der Waals surface area contributed by atoms with E-state index >= 15 is 0 Å². The van der Waals surface area contributed by atoms with Gasteiger partial charge in [-0.1, -0.05) is 30.3 Å². The van der Waals surface area contributed by atoms with Crippen LogP contribution in [0.5, 0.6) is 0 Å². The minimum absolute atomic E-state index is 0.0617. The number of urea groups is 1. The van der Waals surface area contributed by atoms with Crippen LogP contribution in [0.25, 0.3) is 0 Å². The summed E-state index contributed by atoms with van der Waals surface area (Å²) in [6.07, 6.45) is 4.85. The van der Waals surface area contributed by atoms with Gasteiger partial charge >= 0.3 is 6.03 Å². The quantitative estimate of drug-likeness (QED) is 0.845. The summed E-state index contributed by atoms with van der Waals surface area (Å²) in [5, 5.41) is 3.23. The van der Waals surface area contributed by atoms with E-state index in [-0.39, 0.29) is 24.0 Å². The molecule has 0 spiro atoms. The third kappa shape index (κ3) is 5.71. The summed E-state index contributed by atoms with van der Waals surface area (Å²) in [5.41, 5.74) is 1.39. The number of hydrogen-bond acceptors (Lipinski definition) is 3. The third-order valence-corrected chi connectivity index (χ3v) is 6.27. The van der Waals surface area contributed by atoms with Crippen molar-refractivity contribution in [2.75, 3.05) is 39.8 Å². The zero-order valence-electron chi connectivity index (χ0n) is 17.3. The van der Waals surface area contributed by atoms with Crippen LogP contribution in [0.3, 0.4) is 0 Å². The van der Waals surface area contributed by atoms with E-state index in [0.29, 0.717) is 0 Å². The van der Waals surface area contributed by atoms with Crippen LogP contribution in [0.15, 0.2) is 30.3 Å². The molecule has 0 radical (unpaired) electrons. The zero-order valence-corrected chi connectivity index (χ0v) is 17.3. The van der Waals surface area contributed by atoms with Gasteiger partial charge in [-0.3, -0.25) is 4.79 Å². The van der Waals surface area contributed by atoms with Crippen molar-refractivity contribution in [3.63, 3.8) is 0 Å². The maximum absolute atomic E-state index is 12.6. The van der Waals surface area contributed by atoms with E-state index in [1.807, 2.05) is 11.9 Å². The molecule has 6 nitrogen and oxygen atoms in total. The number of hydrogen-bond donors (Lipinski definition) is 1. The molecule has 2 fully saturated rings. The Morgan fingerprint density at radius 3 is 2.29 bits per heavy atom. The van der Waals surface area contributed by atoms with Crippen molar-refractivity contribution in [3.8, 4) is 0 Å². The molecule has 2 aliphatic rings. The van der Waals surface area contributed by atoms with Gasteiger partial charge in [-0.15, -0.1) is 0 Å². The normalized spacial score (nSPS) is 19.4. The zero-order chi connectivity index (χ0) is 19.9. The molecule has 154 valence electrons. The topological polar surface area (TPSA) is 55.9 Å². The number of carbonyl (C=O) groups excluding carboxylic acids is 2. The molecule has 6 heteroatoms. The van der Waals surface area contributed by atoms with Crippen LogP contribution in [0.1, 0.15) is 38.2 Å². The molecule has 0 aromatic heterocycles. The maximum Gasteiger partial charge on any atom is 0.317 e. The number of carbonyl (C=O) groups is 2. The highest BCUT2D eigenvalue weighted by molar-refractivity contribution is 5.75. The molecule has 2 aliphatic heterocycles. The van der Waals surface area contributed by atoms with Crippen molar-refractivity contribution in [1.82, 2.24) is 20.0 Å². The fourth-order valence-electron chi connectivity index (χ4n) is 4.21. The molecule has 0 aliphatic carbocycles. The number of rotatable bonds is 5. The molecule has 1 aromatic rings. The molecule has 0 bridgehead atoms. The Labute approximate surface area is 168 Å². The molecular formula is C22H34N4O2. The van der Waals surface area contributed by atoms with Crippen molar-refractivity contribution >= 4 is 11.9 Å². The monoisotopic (exact) mass is 386 g/mol. The van der Waals surface area contributed by atoms with E-state index in [0.717, 1.165) is 64.8 Å². The lowest BCUT2D eigenvalue weighted by molar-refractivity contribution is -0.130. The Hall–Kier alpha value is -2.08. The van der Waals surface area contributed by atoms with Crippen molar-refractivity contribution < 1.29 is 9.59 Å². The Bertz CT molecular complexity index is 635. The predicted molar refractivity (Wildman–Crippen MR) is 111 cm³/mol. The van der Waals surface area contributed by atoms with Gasteiger partial charge in [0.25, 0.3) is 0 Å². The molecule has 1 N–H and O–H groups in total. The maximum atomic E-state index is 12.6. The number of likely N-dealkylation sites (tertiary alicyclic amines) is 2. The first-order valence-electron chi connectivity index (χ1n) is 10.6. The van der Waals surface area contributed by atoms with Crippen molar-refractivity contribution in [1.29, 1.82) is 0 Å². The highest BCUT2D eigenvalue weighted by Crippen LogP contribution is 2.17. The fourth-order valence-corrected chi connectivity index (χ4v) is 4.21. The molecule has 2 heterocycles. The lowest BCUT2D eigenvalue weighted by Gasteiger charge is -2.38. The highest BCUT2D eigenvalue weighted by atomic mass is 16.2. The molecule has 0 saturated carbocycles. The van der Waals surface area contributed by atoms with Gasteiger partial charge in [0, 0.05) is 58.8 Å². The molecule has 1 aromatic carbocycles. The summed E-state index contributed by atoms with van der Waals surface area (Å²) >= 11 is 0. The van der Waals surface area contributed by atoms with Crippen LogP contribution in [0.4, 0.5) is 4.79 Å². The van der Waals surface area contributed by atoms with E-state index in [9.17, 15) is 9.59 Å². The molecule has 0 unspecified atom stereocenters. The Kier molecular flexibility index (Phi) is 7.31.